The van der Waals surface area contributed by atoms with Gasteiger partial charge in [-0.2, -0.15) is 8.78 Å². The summed E-state index contributed by atoms with van der Waals surface area (Å²) in [5.74, 6) is -3.35. The zero-order valence-corrected chi connectivity index (χ0v) is 14.7. The summed E-state index contributed by atoms with van der Waals surface area (Å²) in [4.78, 5) is 33.8. The molecule has 0 saturated carbocycles. The summed E-state index contributed by atoms with van der Waals surface area (Å²) in [5.41, 5.74) is -1.04. The second kappa shape index (κ2) is 9.39. The quantitative estimate of drug-likeness (QED) is 0.401. The first-order valence-corrected chi connectivity index (χ1v) is 7.75. The number of halogens is 3. The van der Waals surface area contributed by atoms with E-state index in [1.54, 1.807) is 0 Å². The highest BCUT2D eigenvalue weighted by atomic mass is 19.3. The van der Waals surface area contributed by atoms with Crippen molar-refractivity contribution in [1.29, 1.82) is 0 Å². The SMILES string of the molecule is COc1cc(C(=O)OCC(=O)Nc2cc([N+](=O)[O-])ccc2F)ccc1OC(F)F. The second-order valence-electron chi connectivity index (χ2n) is 5.29. The third-order valence-corrected chi connectivity index (χ3v) is 3.38. The molecule has 0 fully saturated rings. The lowest BCUT2D eigenvalue weighted by atomic mass is 10.2. The number of nitrogens with zero attached hydrogens (tertiary/aromatic N) is 1. The fourth-order valence-electron chi connectivity index (χ4n) is 2.11. The topological polar surface area (TPSA) is 117 Å². The molecule has 0 saturated heterocycles. The first-order chi connectivity index (χ1) is 13.7. The number of methoxy groups -OCH3 is 1. The molecule has 1 N–H and O–H groups in total. The third-order valence-electron chi connectivity index (χ3n) is 3.38. The number of nitro benzene ring substituents is 1. The molecule has 0 spiro atoms. The molecule has 1 amide bonds. The number of rotatable bonds is 8. The Balaban J connectivity index is 2.01. The van der Waals surface area contributed by atoms with Gasteiger partial charge < -0.3 is 19.5 Å². The maximum absolute atomic E-state index is 13.6. The zero-order chi connectivity index (χ0) is 21.6. The van der Waals surface area contributed by atoms with E-state index >= 15 is 0 Å². The third kappa shape index (κ3) is 5.82. The summed E-state index contributed by atoms with van der Waals surface area (Å²) < 4.78 is 52.1. The number of hydrogen-bond acceptors (Lipinski definition) is 7. The van der Waals surface area contributed by atoms with E-state index in [9.17, 15) is 32.9 Å². The van der Waals surface area contributed by atoms with Crippen LogP contribution >= 0.6 is 0 Å². The molecule has 0 aromatic heterocycles. The Bertz CT molecular complexity index is 937. The molecular formula is C17H13F3N2O7. The number of nitrogens with one attached hydrogen (secondary N) is 1. The number of benzene rings is 2. The molecule has 0 radical (unpaired) electrons. The Morgan fingerprint density at radius 1 is 1.17 bits per heavy atom. The summed E-state index contributed by atoms with van der Waals surface area (Å²) in [7, 11) is 1.17. The van der Waals surface area contributed by atoms with E-state index in [4.69, 9.17) is 9.47 Å². The number of anilines is 1. The van der Waals surface area contributed by atoms with Crippen LogP contribution in [0, 0.1) is 15.9 Å². The summed E-state index contributed by atoms with van der Waals surface area (Å²) >= 11 is 0. The minimum atomic E-state index is -3.10. The van der Waals surface area contributed by atoms with Crippen LogP contribution in [0.1, 0.15) is 10.4 Å². The largest absolute Gasteiger partial charge is 0.493 e. The molecule has 2 rings (SSSR count). The highest BCUT2D eigenvalue weighted by molar-refractivity contribution is 5.96. The number of ether oxygens (including phenoxy) is 3. The van der Waals surface area contributed by atoms with Crippen molar-refractivity contribution in [2.24, 2.45) is 0 Å². The Morgan fingerprint density at radius 2 is 1.90 bits per heavy atom. The Kier molecular flexibility index (Phi) is 6.95. The van der Waals surface area contributed by atoms with Crippen LogP contribution in [-0.2, 0) is 9.53 Å². The van der Waals surface area contributed by atoms with Crippen LogP contribution in [0.15, 0.2) is 36.4 Å². The van der Waals surface area contributed by atoms with Gasteiger partial charge >= 0.3 is 12.6 Å². The lowest BCUT2D eigenvalue weighted by Gasteiger charge is -2.11. The van der Waals surface area contributed by atoms with Crippen molar-refractivity contribution in [2.75, 3.05) is 19.0 Å². The maximum Gasteiger partial charge on any atom is 0.387 e. The van der Waals surface area contributed by atoms with E-state index in [2.05, 4.69) is 4.74 Å². The van der Waals surface area contributed by atoms with E-state index in [0.717, 1.165) is 36.4 Å². The normalized spacial score (nSPS) is 10.4. The van der Waals surface area contributed by atoms with Crippen LogP contribution in [-0.4, -0.2) is 37.1 Å². The molecule has 0 aliphatic carbocycles. The van der Waals surface area contributed by atoms with E-state index in [1.165, 1.54) is 7.11 Å². The van der Waals surface area contributed by atoms with E-state index in [1.807, 2.05) is 5.32 Å². The molecule has 0 heterocycles. The van der Waals surface area contributed by atoms with Gasteiger partial charge in [-0.15, -0.1) is 0 Å². The number of nitro groups is 1. The average Bonchev–Trinajstić information content (AvgIpc) is 2.67. The van der Waals surface area contributed by atoms with Gasteiger partial charge in [0, 0.05) is 12.1 Å². The van der Waals surface area contributed by atoms with Crippen LogP contribution in [0.25, 0.3) is 0 Å². The highest BCUT2D eigenvalue weighted by Gasteiger charge is 2.17. The molecule has 0 unspecified atom stereocenters. The van der Waals surface area contributed by atoms with Gasteiger partial charge in [0.15, 0.2) is 18.1 Å². The predicted molar refractivity (Wildman–Crippen MR) is 91.6 cm³/mol. The molecule has 0 aliphatic rings. The molecule has 9 nitrogen and oxygen atoms in total. The molecule has 154 valence electrons. The minimum absolute atomic E-state index is 0.127. The summed E-state index contributed by atoms with van der Waals surface area (Å²) in [5, 5.41) is 12.7. The van der Waals surface area contributed by atoms with Crippen molar-refractivity contribution >= 4 is 23.3 Å². The van der Waals surface area contributed by atoms with Gasteiger partial charge in [0.2, 0.25) is 0 Å². The van der Waals surface area contributed by atoms with Gasteiger partial charge in [0.05, 0.1) is 23.3 Å². The van der Waals surface area contributed by atoms with Crippen molar-refractivity contribution < 1.29 is 41.9 Å². The molecule has 29 heavy (non-hydrogen) atoms. The molecule has 0 aliphatic heterocycles. The van der Waals surface area contributed by atoms with Crippen LogP contribution < -0.4 is 14.8 Å². The predicted octanol–water partition coefficient (Wildman–Crippen LogP) is 3.14. The first kappa shape index (κ1) is 21.5. The van der Waals surface area contributed by atoms with Crippen molar-refractivity contribution in [2.45, 2.75) is 6.61 Å². The number of carbonyl (C=O) groups excluding carboxylic acids is 2. The summed E-state index contributed by atoms with van der Waals surface area (Å²) in [6.07, 6.45) is 0. The first-order valence-electron chi connectivity index (χ1n) is 7.75. The van der Waals surface area contributed by atoms with Crippen molar-refractivity contribution in [3.05, 3.63) is 57.9 Å². The maximum atomic E-state index is 13.6. The molecular weight excluding hydrogens is 401 g/mol. The lowest BCUT2D eigenvalue weighted by Crippen LogP contribution is -2.21. The molecule has 2 aromatic carbocycles. The van der Waals surface area contributed by atoms with Crippen molar-refractivity contribution in [3.63, 3.8) is 0 Å². The average molecular weight is 414 g/mol. The molecule has 0 atom stereocenters. The van der Waals surface area contributed by atoms with Crippen LogP contribution in [0.5, 0.6) is 11.5 Å². The van der Waals surface area contributed by atoms with E-state index in [0.29, 0.717) is 0 Å². The molecule has 2 aromatic rings. The van der Waals surface area contributed by atoms with Crippen molar-refractivity contribution in [1.82, 2.24) is 0 Å². The Labute approximate surface area is 161 Å². The fourth-order valence-corrected chi connectivity index (χ4v) is 2.11. The van der Waals surface area contributed by atoms with Gasteiger partial charge in [-0.3, -0.25) is 14.9 Å². The van der Waals surface area contributed by atoms with Crippen molar-refractivity contribution in [3.8, 4) is 11.5 Å². The van der Waals surface area contributed by atoms with Crippen LogP contribution in [0.3, 0.4) is 0 Å². The lowest BCUT2D eigenvalue weighted by molar-refractivity contribution is -0.384. The number of non-ortho nitro benzene ring substituents is 1. The van der Waals surface area contributed by atoms with Gasteiger partial charge in [-0.1, -0.05) is 0 Å². The Hall–Kier alpha value is -3.83. The summed E-state index contributed by atoms with van der Waals surface area (Å²) in [6, 6.07) is 5.76. The van der Waals surface area contributed by atoms with Crippen LogP contribution in [0.2, 0.25) is 0 Å². The minimum Gasteiger partial charge on any atom is -0.493 e. The Morgan fingerprint density at radius 3 is 2.52 bits per heavy atom. The smallest absolute Gasteiger partial charge is 0.387 e. The van der Waals surface area contributed by atoms with E-state index < -0.39 is 47.2 Å². The molecule has 12 heteroatoms. The number of amides is 1. The van der Waals surface area contributed by atoms with Crippen LogP contribution in [0.4, 0.5) is 24.5 Å². The summed E-state index contributed by atoms with van der Waals surface area (Å²) in [6.45, 7) is -3.93. The van der Waals surface area contributed by atoms with E-state index in [-0.39, 0.29) is 17.1 Å². The van der Waals surface area contributed by atoms with Gasteiger partial charge in [-0.25, -0.2) is 9.18 Å². The number of esters is 1. The fraction of sp³-hybridized carbons (Fsp3) is 0.176. The standard InChI is InChI=1S/C17H13F3N2O7/c1-27-14-6-9(2-5-13(14)29-17(19)20)16(24)28-8-15(23)21-12-7-10(22(25)26)3-4-11(12)18/h2-7,17H,8H2,1H3,(H,21,23). The number of hydrogen-bond donors (Lipinski definition) is 1. The molecule has 0 bridgehead atoms. The van der Waals surface area contributed by atoms with Gasteiger partial charge in [0.1, 0.15) is 5.82 Å². The van der Waals surface area contributed by atoms with Gasteiger partial charge in [-0.05, 0) is 24.3 Å². The second-order valence-corrected chi connectivity index (χ2v) is 5.29. The number of carbonyl (C=O) groups is 2. The zero-order valence-electron chi connectivity index (χ0n) is 14.7. The van der Waals surface area contributed by atoms with Gasteiger partial charge in [0.25, 0.3) is 11.6 Å². The monoisotopic (exact) mass is 414 g/mol. The number of alkyl halides is 2. The highest BCUT2D eigenvalue weighted by Crippen LogP contribution is 2.29.